The third-order valence-electron chi connectivity index (χ3n) is 5.85. The van der Waals surface area contributed by atoms with Gasteiger partial charge < -0.3 is 0 Å². The van der Waals surface area contributed by atoms with Crippen LogP contribution in [0.2, 0.25) is 0 Å². The molecule has 0 spiro atoms. The van der Waals surface area contributed by atoms with Gasteiger partial charge in [0.15, 0.2) is 0 Å². The molecular weight excluding hydrogens is 459 g/mol. The van der Waals surface area contributed by atoms with E-state index >= 15 is 0 Å². The Labute approximate surface area is 187 Å². The Morgan fingerprint density at radius 2 is 1.21 bits per heavy atom. The third kappa shape index (κ3) is 5.96. The van der Waals surface area contributed by atoms with Gasteiger partial charge in [0.25, 0.3) is 0 Å². The summed E-state index contributed by atoms with van der Waals surface area (Å²) in [4.78, 5) is 0. The average molecular weight is 486 g/mol. The van der Waals surface area contributed by atoms with E-state index in [9.17, 15) is 39.5 Å². The number of hydrogen-bond acceptors (Lipinski definition) is 0. The first-order valence-electron chi connectivity index (χ1n) is 10.3. The van der Waals surface area contributed by atoms with Gasteiger partial charge in [0.1, 0.15) is 0 Å². The van der Waals surface area contributed by atoms with E-state index in [-0.39, 0.29) is 12.0 Å². The zero-order valence-corrected chi connectivity index (χ0v) is 19.2. The van der Waals surface area contributed by atoms with Crippen molar-refractivity contribution in [3.8, 4) is 0 Å². The molecule has 0 saturated carbocycles. The monoisotopic (exact) mass is 486 g/mol. The first-order valence-corrected chi connectivity index (χ1v) is 10.3. The molecule has 2 rings (SSSR count). The van der Waals surface area contributed by atoms with Crippen molar-refractivity contribution in [3.05, 3.63) is 58.2 Å². The zero-order valence-electron chi connectivity index (χ0n) is 19.2. The molecule has 0 saturated heterocycles. The molecule has 1 aliphatic rings. The van der Waals surface area contributed by atoms with Crippen LogP contribution in [0.5, 0.6) is 0 Å². The lowest BCUT2D eigenvalue weighted by molar-refractivity contribution is -0.138. The fourth-order valence-electron chi connectivity index (χ4n) is 4.99. The molecule has 1 aromatic carbocycles. The fraction of sp³-hybridized carbons (Fsp3) is 0.583. The van der Waals surface area contributed by atoms with Crippen molar-refractivity contribution in [1.29, 1.82) is 0 Å². The number of allylic oxidation sites excluding steroid dienone is 4. The summed E-state index contributed by atoms with van der Waals surface area (Å²) in [5.74, 6) is 0. The molecule has 1 aromatic rings. The molecule has 9 heteroatoms. The molecule has 0 aliphatic heterocycles. The van der Waals surface area contributed by atoms with Crippen LogP contribution in [0.25, 0.3) is 0 Å². The highest BCUT2D eigenvalue weighted by Gasteiger charge is 2.52. The van der Waals surface area contributed by atoms with Gasteiger partial charge in [-0.1, -0.05) is 65.8 Å². The second-order valence-electron chi connectivity index (χ2n) is 10.6. The summed E-state index contributed by atoms with van der Waals surface area (Å²) in [5, 5.41) is 0. The summed E-state index contributed by atoms with van der Waals surface area (Å²) < 4.78 is 125. The number of benzene rings is 1. The van der Waals surface area contributed by atoms with E-state index in [0.717, 1.165) is 12.1 Å². The fourth-order valence-corrected chi connectivity index (χ4v) is 4.99. The molecule has 0 fully saturated rings. The van der Waals surface area contributed by atoms with Crippen molar-refractivity contribution in [1.82, 2.24) is 0 Å². The smallest absolute Gasteiger partial charge is 0.166 e. The van der Waals surface area contributed by atoms with Crippen LogP contribution >= 0.6 is 0 Å². The summed E-state index contributed by atoms with van der Waals surface area (Å²) in [6, 6.07) is 4.62. The highest BCUT2D eigenvalue weighted by molar-refractivity contribution is 5.49. The van der Waals surface area contributed by atoms with Crippen molar-refractivity contribution >= 4 is 0 Å². The van der Waals surface area contributed by atoms with Crippen LogP contribution in [0.1, 0.15) is 65.5 Å². The molecule has 1 aliphatic carbocycles. The molecule has 0 nitrogen and oxygen atoms in total. The summed E-state index contributed by atoms with van der Waals surface area (Å²) in [5.41, 5.74) is -9.14. The summed E-state index contributed by atoms with van der Waals surface area (Å²) in [6.07, 6.45) is -15.1. The van der Waals surface area contributed by atoms with Crippen LogP contribution in [0.15, 0.2) is 47.1 Å². The summed E-state index contributed by atoms with van der Waals surface area (Å²) in [6.45, 7) is 7.88. The van der Waals surface area contributed by atoms with Gasteiger partial charge in [0.05, 0.1) is 11.1 Å². The molecule has 0 N–H and O–H groups in total. The van der Waals surface area contributed by atoms with Crippen molar-refractivity contribution in [2.24, 2.45) is 10.8 Å². The maximum Gasteiger partial charge on any atom is 0.416 e. The van der Waals surface area contributed by atoms with Gasteiger partial charge in [-0.2, -0.15) is 39.5 Å². The molecule has 0 amide bonds. The zero-order chi connectivity index (χ0) is 25.8. The Balaban J connectivity index is 2.70. The van der Waals surface area contributed by atoms with Gasteiger partial charge in [0.2, 0.25) is 0 Å². The molecule has 0 radical (unpaired) electrons. The van der Waals surface area contributed by atoms with Gasteiger partial charge in [0, 0.05) is 5.57 Å². The first-order chi connectivity index (χ1) is 14.5. The van der Waals surface area contributed by atoms with E-state index in [0.29, 0.717) is 0 Å². The third-order valence-corrected chi connectivity index (χ3v) is 5.85. The molecular formula is C24H27F9. The maximum absolute atomic E-state index is 14.0. The number of rotatable bonds is 3. The van der Waals surface area contributed by atoms with Crippen LogP contribution < -0.4 is 0 Å². The van der Waals surface area contributed by atoms with Gasteiger partial charge in [-0.15, -0.1) is 0 Å². The Kier molecular flexibility index (Phi) is 6.69. The lowest BCUT2D eigenvalue weighted by Crippen LogP contribution is -2.38. The van der Waals surface area contributed by atoms with Gasteiger partial charge in [-0.3, -0.25) is 0 Å². The lowest BCUT2D eigenvalue weighted by atomic mass is 9.62. The van der Waals surface area contributed by atoms with Crippen LogP contribution in [0.3, 0.4) is 0 Å². The number of hydrogen-bond donors (Lipinski definition) is 0. The number of halogens is 9. The van der Waals surface area contributed by atoms with E-state index in [1.165, 1.54) is 59.7 Å². The average Bonchev–Trinajstić information content (AvgIpc) is 2.57. The van der Waals surface area contributed by atoms with Gasteiger partial charge in [-0.25, -0.2) is 0 Å². The first kappa shape index (κ1) is 27.3. The molecule has 1 unspecified atom stereocenters. The highest BCUT2D eigenvalue weighted by atomic mass is 19.4. The molecule has 1 atom stereocenters. The van der Waals surface area contributed by atoms with Crippen LogP contribution in [-0.2, 0) is 11.6 Å². The second-order valence-corrected chi connectivity index (χ2v) is 10.6. The van der Waals surface area contributed by atoms with E-state index < -0.39 is 63.5 Å². The van der Waals surface area contributed by atoms with Gasteiger partial charge >= 0.3 is 18.5 Å². The molecule has 0 bridgehead atoms. The van der Waals surface area contributed by atoms with E-state index in [4.69, 9.17) is 0 Å². The Hall–Kier alpha value is -1.93. The maximum atomic E-state index is 14.0. The molecule has 186 valence electrons. The van der Waals surface area contributed by atoms with Crippen LogP contribution in [0.4, 0.5) is 39.5 Å². The number of alkyl halides is 9. The van der Waals surface area contributed by atoms with Gasteiger partial charge in [-0.05, 0) is 46.3 Å². The van der Waals surface area contributed by atoms with Crippen LogP contribution in [-0.4, -0.2) is 12.4 Å². The second kappa shape index (κ2) is 8.08. The van der Waals surface area contributed by atoms with E-state index in [1.54, 1.807) is 0 Å². The highest BCUT2D eigenvalue weighted by Crippen LogP contribution is 2.56. The SMILES string of the molecule is CC1(CC(C)(C)c2ccccc2C(F)(F)F)C=C(C(F)(F)F)C(C(C)(C)C)=C(C(F)(F)F)C1. The van der Waals surface area contributed by atoms with E-state index in [1.807, 2.05) is 0 Å². The largest absolute Gasteiger partial charge is 0.416 e. The summed E-state index contributed by atoms with van der Waals surface area (Å²) >= 11 is 0. The van der Waals surface area contributed by atoms with Crippen molar-refractivity contribution in [2.45, 2.75) is 78.3 Å². The van der Waals surface area contributed by atoms with Crippen molar-refractivity contribution < 1.29 is 39.5 Å². The Morgan fingerprint density at radius 1 is 0.727 bits per heavy atom. The molecule has 33 heavy (non-hydrogen) atoms. The van der Waals surface area contributed by atoms with Crippen molar-refractivity contribution in [2.75, 3.05) is 0 Å². The predicted octanol–water partition coefficient (Wildman–Crippen LogP) is 9.18. The van der Waals surface area contributed by atoms with Crippen molar-refractivity contribution in [3.63, 3.8) is 0 Å². The molecule has 0 aromatic heterocycles. The Morgan fingerprint density at radius 3 is 1.61 bits per heavy atom. The minimum atomic E-state index is -5.06. The quantitative estimate of drug-likeness (QED) is 0.374. The standard InChI is InChI=1S/C24H27F9/c1-19(2,3)18-16(23(28,29)30)11-21(6,12-17(18)24(31,32)33)13-20(4,5)14-9-7-8-10-15(14)22(25,26)27/h7-11H,12-13H2,1-6H3. The van der Waals surface area contributed by atoms with Crippen LogP contribution in [0, 0.1) is 10.8 Å². The lowest BCUT2D eigenvalue weighted by Gasteiger charge is -2.43. The normalized spacial score (nSPS) is 21.4. The minimum absolute atomic E-state index is 0.181. The topological polar surface area (TPSA) is 0 Å². The van der Waals surface area contributed by atoms with E-state index in [2.05, 4.69) is 0 Å². The summed E-state index contributed by atoms with van der Waals surface area (Å²) in [7, 11) is 0. The minimum Gasteiger partial charge on any atom is -0.166 e. The Bertz CT molecular complexity index is 948. The predicted molar refractivity (Wildman–Crippen MR) is 108 cm³/mol. The molecule has 0 heterocycles.